The number of nitrogens with two attached hydrogens (primary N) is 1. The van der Waals surface area contributed by atoms with Crippen molar-refractivity contribution in [3.05, 3.63) is 58.7 Å². The van der Waals surface area contributed by atoms with Gasteiger partial charge in [0.1, 0.15) is 17.4 Å². The predicted octanol–water partition coefficient (Wildman–Crippen LogP) is 1.70. The number of carboxylic acid groups (broad SMARTS) is 1. The average Bonchev–Trinajstić information content (AvgIpc) is 3.54. The van der Waals surface area contributed by atoms with Crippen LogP contribution in [-0.4, -0.2) is 107 Å². The predicted molar refractivity (Wildman–Crippen MR) is 199 cm³/mol. The van der Waals surface area contributed by atoms with E-state index in [1.807, 2.05) is 0 Å². The molecule has 0 aliphatic carbocycles. The van der Waals surface area contributed by atoms with Gasteiger partial charge >= 0.3 is 5.97 Å². The number of carbonyl (C=O) groups excluding carboxylic acids is 10. The number of fused-ring (bicyclic) bond motifs is 2. The van der Waals surface area contributed by atoms with Crippen molar-refractivity contribution in [1.29, 1.82) is 0 Å². The fraction of sp³-hybridized carbons (Fsp3) is 0.281. The first-order valence-electron chi connectivity index (χ1n) is 15.3. The molecule has 2 aromatic carbocycles. The number of imide groups is 4. The van der Waals surface area contributed by atoms with Crippen LogP contribution in [0.15, 0.2) is 36.4 Å². The van der Waals surface area contributed by atoms with Crippen LogP contribution in [0.4, 0.5) is 11.4 Å². The molecule has 0 spiro atoms. The van der Waals surface area contributed by atoms with Gasteiger partial charge in [-0.25, -0.2) is 0 Å². The molecule has 6 N–H and O–H groups in total. The van der Waals surface area contributed by atoms with Crippen LogP contribution in [-0.2, 0) is 33.6 Å². The minimum absolute atomic E-state index is 0.0347. The molecule has 2 saturated heterocycles. The highest BCUT2D eigenvalue weighted by molar-refractivity contribution is 9.09. The Hall–Kier alpha value is -4.86. The van der Waals surface area contributed by atoms with Crippen molar-refractivity contribution >= 4 is 135 Å². The number of hydrogen-bond donors (Lipinski definition) is 5. The van der Waals surface area contributed by atoms with Crippen LogP contribution in [0, 0.1) is 0 Å². The number of amides is 9. The molecule has 9 amide bonds. The zero-order chi connectivity index (χ0) is 40.4. The van der Waals surface area contributed by atoms with Crippen molar-refractivity contribution in [3.63, 3.8) is 0 Å². The van der Waals surface area contributed by atoms with E-state index in [0.29, 0.717) is 0 Å². The smallest absolute Gasteiger partial charge is 0.314 e. The molecule has 2 atom stereocenters. The number of hydrogen-bond acceptors (Lipinski definition) is 12. The number of alkyl halides is 3. The van der Waals surface area contributed by atoms with Crippen LogP contribution in [0.2, 0.25) is 0 Å². The summed E-state index contributed by atoms with van der Waals surface area (Å²) in [6.07, 6.45) is 0.367. The normalized spacial score (nSPS) is 18.4. The van der Waals surface area contributed by atoms with Crippen LogP contribution in [0.1, 0.15) is 67.1 Å². The largest absolute Gasteiger partial charge is 0.481 e. The Balaban J connectivity index is 0.000000235. The summed E-state index contributed by atoms with van der Waals surface area (Å²) >= 11 is 13.3. The van der Waals surface area contributed by atoms with Crippen LogP contribution >= 0.6 is 59.4 Å². The van der Waals surface area contributed by atoms with Gasteiger partial charge in [-0.15, -0.1) is 0 Å². The fourth-order valence-corrected chi connectivity index (χ4v) is 5.48. The zero-order valence-corrected chi connectivity index (χ0v) is 33.0. The highest BCUT2D eigenvalue weighted by atomic mass is 79.9. The number of nitrogens with zero attached hydrogens (tertiary/aromatic N) is 2. The minimum Gasteiger partial charge on any atom is -0.481 e. The van der Waals surface area contributed by atoms with Crippen molar-refractivity contribution in [3.8, 4) is 0 Å². The fourth-order valence-electron chi connectivity index (χ4n) is 5.34. The first-order chi connectivity index (χ1) is 25.5. The van der Waals surface area contributed by atoms with Gasteiger partial charge in [0.05, 0.1) is 38.6 Å². The third-order valence-electron chi connectivity index (χ3n) is 7.58. The number of piperidine rings is 2. The molecule has 286 valence electrons. The maximum atomic E-state index is 12.7. The van der Waals surface area contributed by atoms with Gasteiger partial charge in [-0.3, -0.25) is 73.2 Å². The molecule has 0 saturated carbocycles. The van der Waals surface area contributed by atoms with Crippen molar-refractivity contribution in [2.45, 2.75) is 37.8 Å². The molecule has 2 unspecified atom stereocenters. The number of anilines is 2. The number of carbonyl (C=O) groups is 11. The Kier molecular flexibility index (Phi) is 15.7. The van der Waals surface area contributed by atoms with E-state index in [2.05, 4.69) is 63.7 Å². The second kappa shape index (κ2) is 19.5. The summed E-state index contributed by atoms with van der Waals surface area (Å²) < 4.78 is 0. The Morgan fingerprint density at radius 2 is 1.15 bits per heavy atom. The number of benzene rings is 2. The second-order valence-electron chi connectivity index (χ2n) is 11.1. The molecule has 4 aliphatic heterocycles. The van der Waals surface area contributed by atoms with E-state index in [-0.39, 0.29) is 86.5 Å². The van der Waals surface area contributed by atoms with Gasteiger partial charge in [-0.2, -0.15) is 0 Å². The Labute approximate surface area is 335 Å². The molecule has 0 bridgehead atoms. The number of halogens is 4. The summed E-state index contributed by atoms with van der Waals surface area (Å²) in [7, 11) is 0. The molecule has 2 aromatic rings. The van der Waals surface area contributed by atoms with Gasteiger partial charge in [0.25, 0.3) is 23.6 Å². The lowest BCUT2D eigenvalue weighted by atomic mass is 10.0. The number of rotatable bonds is 6. The Morgan fingerprint density at radius 1 is 0.722 bits per heavy atom. The third kappa shape index (κ3) is 10.2. The summed E-state index contributed by atoms with van der Waals surface area (Å²) in [6, 6.07) is 7.13. The van der Waals surface area contributed by atoms with Gasteiger partial charge in [-0.05, 0) is 48.7 Å². The third-order valence-corrected chi connectivity index (χ3v) is 9.54. The summed E-state index contributed by atoms with van der Waals surface area (Å²) in [5.74, 6) is -5.74. The van der Waals surface area contributed by atoms with E-state index in [9.17, 15) is 52.7 Å². The summed E-state index contributed by atoms with van der Waals surface area (Å²) in [6.45, 7) is 0. The number of aliphatic carboxylic acids is 1. The van der Waals surface area contributed by atoms with Gasteiger partial charge in [0.15, 0.2) is 0 Å². The quantitative estimate of drug-likeness (QED) is 0.120. The topological polar surface area (TPSA) is 277 Å². The number of nitrogen functional groups attached to an aromatic ring is 1. The molecule has 54 heavy (non-hydrogen) atoms. The summed E-state index contributed by atoms with van der Waals surface area (Å²) in [4.78, 5) is 128. The highest BCUT2D eigenvalue weighted by Gasteiger charge is 2.47. The monoisotopic (exact) mass is 960 g/mol. The molecule has 4 heterocycles. The van der Waals surface area contributed by atoms with E-state index in [0.717, 1.165) is 9.80 Å². The van der Waals surface area contributed by atoms with E-state index < -0.39 is 65.3 Å². The molecule has 2 fully saturated rings. The van der Waals surface area contributed by atoms with Crippen LogP contribution in [0.25, 0.3) is 0 Å². The molecule has 6 rings (SSSR count). The lowest BCUT2D eigenvalue weighted by Gasteiger charge is -2.27. The van der Waals surface area contributed by atoms with Crippen molar-refractivity contribution in [2.75, 3.05) is 27.0 Å². The van der Waals surface area contributed by atoms with Crippen LogP contribution in [0.5, 0.6) is 0 Å². The van der Waals surface area contributed by atoms with Crippen molar-refractivity contribution < 1.29 is 57.8 Å². The summed E-state index contributed by atoms with van der Waals surface area (Å²) in [5.41, 5.74) is 6.64. The van der Waals surface area contributed by atoms with E-state index in [4.69, 9.17) is 22.4 Å². The van der Waals surface area contributed by atoms with Gasteiger partial charge in [-0.1, -0.05) is 59.9 Å². The van der Waals surface area contributed by atoms with Crippen molar-refractivity contribution in [1.82, 2.24) is 20.4 Å². The maximum Gasteiger partial charge on any atom is 0.314 e. The minimum atomic E-state index is -1.03. The first-order valence-corrected chi connectivity index (χ1v) is 19.1. The Morgan fingerprint density at radius 3 is 1.54 bits per heavy atom. The molecule has 0 aromatic heterocycles. The van der Waals surface area contributed by atoms with Crippen molar-refractivity contribution in [2.24, 2.45) is 0 Å². The zero-order valence-electron chi connectivity index (χ0n) is 27.5. The standard InChI is InChI=1S/C15H12BrN3O5.C13H11N3O4.C2H2BrClO.C2H3BrO2/c16-6-11(21)17-8-3-1-2-7-12(8)15(24)19(14(7)23)9-4-5-10(20)18-13(9)22;14-7-3-1-2-6-10(7)13(20)16(12(6)19)8-4-5-9(17)15-11(8)18;2*3-1-2(4)5/h1-3,9H,4-6H2,(H,17,21)(H,18,20,22);1-3,8H,4-5,14H2,(H,15,17,18);1H2;1H2,(H,4,5). The SMILES string of the molecule is Nc1cccc2c1C(=O)N(C1CCC(=O)NC1=O)C2=O.O=C(Cl)CBr.O=C(O)CBr.O=C1CCC(N2C(=O)c3cccc(NC(=O)CBr)c3C2=O)C(=O)N1. The Bertz CT molecular complexity index is 1950. The summed E-state index contributed by atoms with van der Waals surface area (Å²) in [5, 5.41) is 14.4. The van der Waals surface area contributed by atoms with Gasteiger partial charge < -0.3 is 16.2 Å². The lowest BCUT2D eigenvalue weighted by Crippen LogP contribution is -2.54. The number of nitrogens with one attached hydrogen (secondary N) is 3. The molecule has 22 heteroatoms. The van der Waals surface area contributed by atoms with Crippen LogP contribution < -0.4 is 21.7 Å². The molecule has 0 radical (unpaired) electrons. The highest BCUT2D eigenvalue weighted by Crippen LogP contribution is 2.33. The van der Waals surface area contributed by atoms with Gasteiger partial charge in [0.2, 0.25) is 34.8 Å². The molecular formula is C32H28Br3ClN6O12. The van der Waals surface area contributed by atoms with Crippen LogP contribution in [0.3, 0.4) is 0 Å². The maximum absolute atomic E-state index is 12.7. The molecule has 4 aliphatic rings. The van der Waals surface area contributed by atoms with E-state index in [1.54, 1.807) is 12.1 Å². The average molecular weight is 964 g/mol. The first kappa shape index (κ1) is 43.5. The molecular weight excluding hydrogens is 936 g/mol. The van der Waals surface area contributed by atoms with E-state index in [1.165, 1.54) is 24.3 Å². The lowest BCUT2D eigenvalue weighted by molar-refractivity contribution is -0.137. The van der Waals surface area contributed by atoms with Gasteiger partial charge in [0, 0.05) is 18.5 Å². The van der Waals surface area contributed by atoms with E-state index >= 15 is 0 Å². The molecule has 18 nitrogen and oxygen atoms in total. The number of carboxylic acids is 1. The second-order valence-corrected chi connectivity index (χ2v) is 13.2.